The first-order valence-corrected chi connectivity index (χ1v) is 6.78. The van der Waals surface area contributed by atoms with Gasteiger partial charge in [-0.25, -0.2) is 15.0 Å². The van der Waals surface area contributed by atoms with E-state index in [2.05, 4.69) is 79.7 Å². The van der Waals surface area contributed by atoms with Gasteiger partial charge in [-0.2, -0.15) is 0 Å². The van der Waals surface area contributed by atoms with Gasteiger partial charge in [0.1, 0.15) is 0 Å². The van der Waals surface area contributed by atoms with E-state index in [1.165, 1.54) is 19.3 Å². The zero-order chi connectivity index (χ0) is 13.9. The van der Waals surface area contributed by atoms with Gasteiger partial charge in [0, 0.05) is 54.9 Å². The van der Waals surface area contributed by atoms with Gasteiger partial charge in [0.15, 0.2) is 0 Å². The minimum absolute atomic E-state index is 0.573. The van der Waals surface area contributed by atoms with Crippen molar-refractivity contribution in [2.75, 3.05) is 48.8 Å². The molecule has 1 saturated heterocycles. The fourth-order valence-corrected chi connectivity index (χ4v) is 2.55. The van der Waals surface area contributed by atoms with Crippen LogP contribution in [-0.4, -0.2) is 85.4 Å². The molecule has 1 aliphatic heterocycles. The van der Waals surface area contributed by atoms with Crippen LogP contribution in [0.2, 0.25) is 0 Å². The largest absolute Gasteiger partial charge is 0.232 e. The Morgan fingerprint density at radius 3 is 1.94 bits per heavy atom. The molecular formula is C12H30N6. The number of nitrogens with zero attached hydrogens (tertiary/aromatic N) is 6. The molecule has 0 aromatic heterocycles. The fraction of sp³-hybridized carbons (Fsp3) is 1.00. The van der Waals surface area contributed by atoms with Crippen molar-refractivity contribution in [1.82, 2.24) is 30.5 Å². The van der Waals surface area contributed by atoms with Gasteiger partial charge >= 0.3 is 0 Å². The summed E-state index contributed by atoms with van der Waals surface area (Å²) < 4.78 is 0. The predicted molar refractivity (Wildman–Crippen MR) is 74.8 cm³/mol. The standard InChI is InChI=1S/C12H30N6/c1-8-9-12-10-11-16(13(2)3)18(15(6)7)17(12)14(4)5/h12H,8-11H2,1-7H3. The zero-order valence-electron chi connectivity index (χ0n) is 13.1. The Morgan fingerprint density at radius 2 is 1.56 bits per heavy atom. The third-order valence-electron chi connectivity index (χ3n) is 3.23. The smallest absolute Gasteiger partial charge is 0.0446 e. The van der Waals surface area contributed by atoms with Gasteiger partial charge in [0.05, 0.1) is 0 Å². The van der Waals surface area contributed by atoms with Crippen molar-refractivity contribution >= 4 is 0 Å². The monoisotopic (exact) mass is 258 g/mol. The summed E-state index contributed by atoms with van der Waals surface area (Å²) in [5, 5.41) is 13.2. The van der Waals surface area contributed by atoms with Crippen molar-refractivity contribution < 1.29 is 0 Å². The minimum atomic E-state index is 0.573. The van der Waals surface area contributed by atoms with E-state index in [-0.39, 0.29) is 0 Å². The maximum atomic E-state index is 2.34. The topological polar surface area (TPSA) is 19.4 Å². The van der Waals surface area contributed by atoms with Crippen LogP contribution in [0.25, 0.3) is 0 Å². The summed E-state index contributed by atoms with van der Waals surface area (Å²) in [5.74, 6) is 0. The molecular weight excluding hydrogens is 228 g/mol. The van der Waals surface area contributed by atoms with Gasteiger partial charge in [0.25, 0.3) is 0 Å². The first-order valence-electron chi connectivity index (χ1n) is 6.78. The Balaban J connectivity index is 2.95. The van der Waals surface area contributed by atoms with Crippen molar-refractivity contribution in [3.05, 3.63) is 0 Å². The Hall–Kier alpha value is -0.240. The zero-order valence-corrected chi connectivity index (χ0v) is 13.1. The summed E-state index contributed by atoms with van der Waals surface area (Å²) in [4.78, 5) is 0. The van der Waals surface area contributed by atoms with Gasteiger partial charge in [-0.1, -0.05) is 18.6 Å². The number of rotatable bonds is 5. The van der Waals surface area contributed by atoms with E-state index in [0.29, 0.717) is 6.04 Å². The molecule has 0 aromatic carbocycles. The van der Waals surface area contributed by atoms with Crippen LogP contribution in [0.15, 0.2) is 0 Å². The lowest BCUT2D eigenvalue weighted by Gasteiger charge is -2.55. The van der Waals surface area contributed by atoms with E-state index in [9.17, 15) is 0 Å². The molecule has 0 bridgehead atoms. The predicted octanol–water partition coefficient (Wildman–Crippen LogP) is 0.725. The molecule has 1 aliphatic rings. The van der Waals surface area contributed by atoms with Crippen LogP contribution >= 0.6 is 0 Å². The Kier molecular flexibility index (Phi) is 5.97. The fourth-order valence-electron chi connectivity index (χ4n) is 2.55. The van der Waals surface area contributed by atoms with Crippen LogP contribution in [-0.2, 0) is 0 Å². The van der Waals surface area contributed by atoms with E-state index < -0.39 is 0 Å². The first-order chi connectivity index (χ1) is 8.40. The summed E-state index contributed by atoms with van der Waals surface area (Å²) in [6.45, 7) is 3.31. The average molecular weight is 258 g/mol. The van der Waals surface area contributed by atoms with Crippen molar-refractivity contribution in [2.45, 2.75) is 32.2 Å². The molecule has 6 heteroatoms. The van der Waals surface area contributed by atoms with Gasteiger partial charge in [-0.3, -0.25) is 0 Å². The van der Waals surface area contributed by atoms with Crippen LogP contribution in [0.1, 0.15) is 26.2 Å². The van der Waals surface area contributed by atoms with E-state index in [1.807, 2.05) is 0 Å². The summed E-state index contributed by atoms with van der Waals surface area (Å²) in [5.41, 5.74) is 0. The quantitative estimate of drug-likeness (QED) is 0.719. The summed E-state index contributed by atoms with van der Waals surface area (Å²) in [6.07, 6.45) is 3.64. The Bertz CT molecular complexity index is 243. The lowest BCUT2D eigenvalue weighted by atomic mass is 10.1. The van der Waals surface area contributed by atoms with Crippen LogP contribution < -0.4 is 0 Å². The SMILES string of the molecule is CCCC1CCN(N(C)C)N(N(C)C)N1N(C)C. The van der Waals surface area contributed by atoms with Gasteiger partial charge in [-0.15, -0.1) is 10.2 Å². The van der Waals surface area contributed by atoms with E-state index in [1.54, 1.807) is 0 Å². The maximum Gasteiger partial charge on any atom is 0.0446 e. The van der Waals surface area contributed by atoms with Crippen molar-refractivity contribution in [3.8, 4) is 0 Å². The van der Waals surface area contributed by atoms with Gasteiger partial charge < -0.3 is 0 Å². The lowest BCUT2D eigenvalue weighted by Crippen LogP contribution is -2.71. The third-order valence-corrected chi connectivity index (χ3v) is 3.23. The molecule has 0 N–H and O–H groups in total. The van der Waals surface area contributed by atoms with Crippen LogP contribution in [0.5, 0.6) is 0 Å². The van der Waals surface area contributed by atoms with Gasteiger partial charge in [0.2, 0.25) is 0 Å². The van der Waals surface area contributed by atoms with Gasteiger partial charge in [-0.05, 0) is 12.8 Å². The molecule has 1 heterocycles. The van der Waals surface area contributed by atoms with Crippen LogP contribution in [0.3, 0.4) is 0 Å². The highest BCUT2D eigenvalue weighted by molar-refractivity contribution is 4.72. The number of hydrogen-bond acceptors (Lipinski definition) is 6. The average Bonchev–Trinajstić information content (AvgIpc) is 2.27. The molecule has 0 aromatic rings. The third kappa shape index (κ3) is 3.40. The first kappa shape index (κ1) is 15.8. The van der Waals surface area contributed by atoms with Crippen molar-refractivity contribution in [2.24, 2.45) is 0 Å². The summed E-state index contributed by atoms with van der Waals surface area (Å²) in [7, 11) is 12.6. The molecule has 6 nitrogen and oxygen atoms in total. The van der Waals surface area contributed by atoms with Crippen molar-refractivity contribution in [1.29, 1.82) is 0 Å². The second-order valence-corrected chi connectivity index (χ2v) is 5.46. The highest BCUT2D eigenvalue weighted by Crippen LogP contribution is 2.24. The Morgan fingerprint density at radius 1 is 0.944 bits per heavy atom. The maximum absolute atomic E-state index is 2.34. The Labute approximate surface area is 112 Å². The lowest BCUT2D eigenvalue weighted by molar-refractivity contribution is -0.423. The highest BCUT2D eigenvalue weighted by atomic mass is 16.2. The second kappa shape index (κ2) is 6.79. The van der Waals surface area contributed by atoms with Crippen LogP contribution in [0.4, 0.5) is 0 Å². The van der Waals surface area contributed by atoms with Crippen LogP contribution in [0, 0.1) is 0 Å². The number of hydrazine groups is 5. The molecule has 1 atom stereocenters. The minimum Gasteiger partial charge on any atom is -0.232 e. The molecule has 1 unspecified atom stereocenters. The molecule has 0 aliphatic carbocycles. The van der Waals surface area contributed by atoms with E-state index >= 15 is 0 Å². The molecule has 0 radical (unpaired) electrons. The molecule has 108 valence electrons. The van der Waals surface area contributed by atoms with Crippen molar-refractivity contribution in [3.63, 3.8) is 0 Å². The van der Waals surface area contributed by atoms with E-state index in [4.69, 9.17) is 0 Å². The highest BCUT2D eigenvalue weighted by Gasteiger charge is 2.37. The molecule has 1 fully saturated rings. The molecule has 0 amide bonds. The second-order valence-electron chi connectivity index (χ2n) is 5.46. The molecule has 18 heavy (non-hydrogen) atoms. The molecule has 1 rings (SSSR count). The molecule has 0 saturated carbocycles. The summed E-state index contributed by atoms with van der Waals surface area (Å²) >= 11 is 0. The normalized spacial score (nSPS) is 24.7. The summed E-state index contributed by atoms with van der Waals surface area (Å²) in [6, 6.07) is 0.573. The molecule has 0 spiro atoms. The number of hydrogen-bond donors (Lipinski definition) is 0. The van der Waals surface area contributed by atoms with E-state index in [0.717, 1.165) is 6.54 Å².